The number of pyridine rings is 1. The van der Waals surface area contributed by atoms with Crippen LogP contribution in [0.3, 0.4) is 0 Å². The zero-order valence-electron chi connectivity index (χ0n) is 7.21. The molecule has 0 bridgehead atoms. The molecule has 0 unspecified atom stereocenters. The van der Waals surface area contributed by atoms with Gasteiger partial charge in [-0.3, -0.25) is 4.79 Å². The van der Waals surface area contributed by atoms with Crippen LogP contribution in [-0.4, -0.2) is 10.9 Å². The van der Waals surface area contributed by atoms with Gasteiger partial charge in [-0.1, -0.05) is 35.4 Å². The fraction of sp³-hybridized carbons (Fsp3) is 0.111. The van der Waals surface area contributed by atoms with Crippen LogP contribution in [0.2, 0.25) is 10.2 Å². The lowest BCUT2D eigenvalue weighted by Gasteiger charge is -1.95. The van der Waals surface area contributed by atoms with E-state index >= 15 is 0 Å². The fourth-order valence-electron chi connectivity index (χ4n) is 0.838. The smallest absolute Gasteiger partial charge is 0.221 e. The molecule has 1 amide bonds. The van der Waals surface area contributed by atoms with Gasteiger partial charge in [-0.15, -0.1) is 0 Å². The zero-order chi connectivity index (χ0) is 10.6. The third kappa shape index (κ3) is 3.36. The first kappa shape index (κ1) is 11.0. The predicted molar refractivity (Wildman–Crippen MR) is 57.1 cm³/mol. The zero-order valence-corrected chi connectivity index (χ0v) is 8.72. The van der Waals surface area contributed by atoms with Crippen LogP contribution in [0.1, 0.15) is 12.0 Å². The van der Waals surface area contributed by atoms with E-state index in [1.165, 1.54) is 0 Å². The van der Waals surface area contributed by atoms with Gasteiger partial charge < -0.3 is 5.73 Å². The second kappa shape index (κ2) is 4.98. The Balaban J connectivity index is 2.73. The van der Waals surface area contributed by atoms with Crippen molar-refractivity contribution in [2.75, 3.05) is 0 Å². The molecule has 1 rings (SSSR count). The predicted octanol–water partition coefficient (Wildman–Crippen LogP) is 2.28. The van der Waals surface area contributed by atoms with E-state index < -0.39 is 0 Å². The standard InChI is InChI=1S/C9H8Cl2N2O/c10-7-4-6(5-13-9(7)11)2-1-3-8(12)14/h1-2,4-5H,3H2,(H2,12,14). The summed E-state index contributed by atoms with van der Waals surface area (Å²) in [5.41, 5.74) is 5.74. The minimum absolute atomic E-state index is 0.195. The van der Waals surface area contributed by atoms with E-state index in [4.69, 9.17) is 28.9 Å². The molecular formula is C9H8Cl2N2O. The minimum Gasteiger partial charge on any atom is -0.369 e. The third-order valence-corrected chi connectivity index (χ3v) is 2.13. The van der Waals surface area contributed by atoms with Gasteiger partial charge in [0.15, 0.2) is 0 Å². The molecule has 0 aromatic carbocycles. The highest BCUT2D eigenvalue weighted by Gasteiger charge is 1.98. The molecule has 0 radical (unpaired) electrons. The summed E-state index contributed by atoms with van der Waals surface area (Å²) < 4.78 is 0. The number of aromatic nitrogens is 1. The van der Waals surface area contributed by atoms with Crippen molar-refractivity contribution in [2.45, 2.75) is 6.42 Å². The number of carbonyl (C=O) groups is 1. The van der Waals surface area contributed by atoms with Crippen molar-refractivity contribution < 1.29 is 4.79 Å². The number of nitrogens with two attached hydrogens (primary N) is 1. The SMILES string of the molecule is NC(=O)CC=Cc1cnc(Cl)c(Cl)c1. The van der Waals surface area contributed by atoms with E-state index in [1.807, 2.05) is 0 Å². The summed E-state index contributed by atoms with van der Waals surface area (Å²) in [6.07, 6.45) is 5.11. The van der Waals surface area contributed by atoms with Crippen molar-refractivity contribution in [2.24, 2.45) is 5.73 Å². The van der Waals surface area contributed by atoms with Gasteiger partial charge in [0.2, 0.25) is 5.91 Å². The Hall–Kier alpha value is -1.06. The highest BCUT2D eigenvalue weighted by molar-refractivity contribution is 6.41. The molecule has 1 aromatic heterocycles. The van der Waals surface area contributed by atoms with E-state index in [9.17, 15) is 4.79 Å². The number of amides is 1. The second-order valence-corrected chi connectivity index (χ2v) is 3.38. The maximum absolute atomic E-state index is 10.4. The molecule has 0 spiro atoms. The Morgan fingerprint density at radius 2 is 2.29 bits per heavy atom. The highest BCUT2D eigenvalue weighted by atomic mass is 35.5. The van der Waals surface area contributed by atoms with Crippen LogP contribution in [-0.2, 0) is 4.79 Å². The summed E-state index contributed by atoms with van der Waals surface area (Å²) in [6.45, 7) is 0. The second-order valence-electron chi connectivity index (χ2n) is 2.61. The molecule has 14 heavy (non-hydrogen) atoms. The number of nitrogens with zero attached hydrogens (tertiary/aromatic N) is 1. The third-order valence-electron chi connectivity index (χ3n) is 1.45. The van der Waals surface area contributed by atoms with Crippen LogP contribution in [0.15, 0.2) is 18.3 Å². The lowest BCUT2D eigenvalue weighted by atomic mass is 10.2. The number of halogens is 2. The van der Waals surface area contributed by atoms with E-state index in [0.717, 1.165) is 5.56 Å². The quantitative estimate of drug-likeness (QED) is 0.811. The topological polar surface area (TPSA) is 56.0 Å². The summed E-state index contributed by atoms with van der Waals surface area (Å²) in [5, 5.41) is 0.645. The maximum Gasteiger partial charge on any atom is 0.221 e. The van der Waals surface area contributed by atoms with Gasteiger partial charge in [-0.2, -0.15) is 0 Å². The monoisotopic (exact) mass is 230 g/mol. The molecule has 0 atom stereocenters. The minimum atomic E-state index is -0.380. The van der Waals surface area contributed by atoms with Gasteiger partial charge in [-0.05, 0) is 11.6 Å². The van der Waals surface area contributed by atoms with Gasteiger partial charge >= 0.3 is 0 Å². The van der Waals surface area contributed by atoms with Crippen molar-refractivity contribution >= 4 is 35.2 Å². The normalized spacial score (nSPS) is 10.7. The number of hydrogen-bond acceptors (Lipinski definition) is 2. The Labute approximate surface area is 91.5 Å². The van der Waals surface area contributed by atoms with Crippen molar-refractivity contribution in [1.82, 2.24) is 4.98 Å². The average molecular weight is 231 g/mol. The van der Waals surface area contributed by atoms with Crippen LogP contribution in [0.5, 0.6) is 0 Å². The Morgan fingerprint density at radius 3 is 2.86 bits per heavy atom. The summed E-state index contributed by atoms with van der Waals surface area (Å²) in [4.78, 5) is 14.3. The number of primary amides is 1. The summed E-state index contributed by atoms with van der Waals surface area (Å²) in [7, 11) is 0. The van der Waals surface area contributed by atoms with E-state index in [-0.39, 0.29) is 17.5 Å². The van der Waals surface area contributed by atoms with Crippen molar-refractivity contribution in [3.63, 3.8) is 0 Å². The molecule has 74 valence electrons. The molecule has 1 heterocycles. The fourth-order valence-corrected chi connectivity index (χ4v) is 1.12. The highest BCUT2D eigenvalue weighted by Crippen LogP contribution is 2.20. The number of carbonyl (C=O) groups excluding carboxylic acids is 1. The first-order valence-corrected chi connectivity index (χ1v) is 4.61. The van der Waals surface area contributed by atoms with Crippen molar-refractivity contribution in [3.05, 3.63) is 34.1 Å². The molecule has 0 saturated carbocycles. The van der Waals surface area contributed by atoms with Crippen LogP contribution in [0.25, 0.3) is 6.08 Å². The maximum atomic E-state index is 10.4. The first-order valence-electron chi connectivity index (χ1n) is 3.85. The molecule has 3 nitrogen and oxygen atoms in total. The van der Waals surface area contributed by atoms with Crippen molar-refractivity contribution in [3.8, 4) is 0 Å². The summed E-state index contributed by atoms with van der Waals surface area (Å²) in [6, 6.07) is 1.66. The molecule has 5 heteroatoms. The first-order chi connectivity index (χ1) is 6.59. The Kier molecular flexibility index (Phi) is 3.92. The summed E-state index contributed by atoms with van der Waals surface area (Å²) in [5.74, 6) is -0.380. The lowest BCUT2D eigenvalue weighted by molar-refractivity contribution is -0.117. The van der Waals surface area contributed by atoms with E-state index in [0.29, 0.717) is 5.02 Å². The Bertz CT molecular complexity index is 377. The average Bonchev–Trinajstić information content (AvgIpc) is 2.10. The molecule has 2 N–H and O–H groups in total. The van der Waals surface area contributed by atoms with Gasteiger partial charge in [-0.25, -0.2) is 4.98 Å². The van der Waals surface area contributed by atoms with Crippen LogP contribution < -0.4 is 5.73 Å². The summed E-state index contributed by atoms with van der Waals surface area (Å²) >= 11 is 11.4. The van der Waals surface area contributed by atoms with Gasteiger partial charge in [0.25, 0.3) is 0 Å². The molecular weight excluding hydrogens is 223 g/mol. The lowest BCUT2D eigenvalue weighted by Crippen LogP contribution is -2.07. The van der Waals surface area contributed by atoms with E-state index in [2.05, 4.69) is 4.98 Å². The number of hydrogen-bond donors (Lipinski definition) is 1. The molecule has 1 aromatic rings. The molecule has 0 fully saturated rings. The van der Waals surface area contributed by atoms with Gasteiger partial charge in [0.1, 0.15) is 5.15 Å². The van der Waals surface area contributed by atoms with Gasteiger partial charge in [0.05, 0.1) is 5.02 Å². The van der Waals surface area contributed by atoms with Crippen LogP contribution in [0, 0.1) is 0 Å². The molecule has 0 aliphatic heterocycles. The number of rotatable bonds is 3. The molecule has 0 aliphatic rings. The Morgan fingerprint density at radius 1 is 1.57 bits per heavy atom. The van der Waals surface area contributed by atoms with Crippen molar-refractivity contribution in [1.29, 1.82) is 0 Å². The van der Waals surface area contributed by atoms with Crippen LogP contribution in [0.4, 0.5) is 0 Å². The molecule has 0 saturated heterocycles. The molecule has 0 aliphatic carbocycles. The van der Waals surface area contributed by atoms with Crippen LogP contribution >= 0.6 is 23.2 Å². The largest absolute Gasteiger partial charge is 0.369 e. The van der Waals surface area contributed by atoms with Gasteiger partial charge in [0, 0.05) is 12.6 Å². The van der Waals surface area contributed by atoms with E-state index in [1.54, 1.807) is 24.4 Å².